The summed E-state index contributed by atoms with van der Waals surface area (Å²) in [5.41, 5.74) is 4.26. The number of hydrogen-bond acceptors (Lipinski definition) is 1. The first kappa shape index (κ1) is 11.7. The lowest BCUT2D eigenvalue weighted by Gasteiger charge is -2.16. The number of aliphatic hydroxyl groups excluding tert-OH is 1. The summed E-state index contributed by atoms with van der Waals surface area (Å²) in [7, 11) is 0. The first-order valence-corrected chi connectivity index (χ1v) is 6.52. The molecule has 1 aromatic rings. The molecule has 1 unspecified atom stereocenters. The van der Waals surface area contributed by atoms with Gasteiger partial charge < -0.3 is 5.11 Å². The van der Waals surface area contributed by atoms with Crippen molar-refractivity contribution in [3.63, 3.8) is 0 Å². The van der Waals surface area contributed by atoms with E-state index in [0.717, 1.165) is 18.8 Å². The maximum Gasteiger partial charge on any atom is 0.0502 e. The van der Waals surface area contributed by atoms with Crippen molar-refractivity contribution in [1.82, 2.24) is 0 Å². The standard InChI is InChI=1S/C15H22O/c1-3-11-5-8-14(9-12(11)4-2)15(10-16)13-6-7-13/h5,8-9,13,15-16H,3-4,6-7,10H2,1-2H3. The molecule has 0 aromatic heterocycles. The predicted octanol–water partition coefficient (Wildman–Crippen LogP) is 3.30. The topological polar surface area (TPSA) is 20.2 Å². The third kappa shape index (κ3) is 2.30. The monoisotopic (exact) mass is 218 g/mol. The van der Waals surface area contributed by atoms with Gasteiger partial charge in [0.05, 0.1) is 6.61 Å². The fourth-order valence-electron chi connectivity index (χ4n) is 2.58. The largest absolute Gasteiger partial charge is 0.396 e. The molecule has 0 spiro atoms. The Morgan fingerprint density at radius 2 is 1.88 bits per heavy atom. The lowest BCUT2D eigenvalue weighted by molar-refractivity contribution is 0.253. The molecule has 1 saturated carbocycles. The first-order chi connectivity index (χ1) is 7.80. The highest BCUT2D eigenvalue weighted by atomic mass is 16.3. The summed E-state index contributed by atoms with van der Waals surface area (Å²) in [4.78, 5) is 0. The van der Waals surface area contributed by atoms with Gasteiger partial charge >= 0.3 is 0 Å². The molecule has 1 aromatic carbocycles. The average molecular weight is 218 g/mol. The van der Waals surface area contributed by atoms with E-state index in [1.54, 1.807) is 0 Å². The van der Waals surface area contributed by atoms with E-state index < -0.39 is 0 Å². The third-order valence-corrected chi connectivity index (χ3v) is 3.81. The van der Waals surface area contributed by atoms with Gasteiger partial charge in [-0.2, -0.15) is 0 Å². The van der Waals surface area contributed by atoms with Gasteiger partial charge in [-0.25, -0.2) is 0 Å². The van der Waals surface area contributed by atoms with Crippen LogP contribution >= 0.6 is 0 Å². The molecule has 0 heterocycles. The molecule has 1 fully saturated rings. The van der Waals surface area contributed by atoms with Crippen molar-refractivity contribution in [3.05, 3.63) is 34.9 Å². The van der Waals surface area contributed by atoms with Gasteiger partial charge in [0.2, 0.25) is 0 Å². The van der Waals surface area contributed by atoms with Gasteiger partial charge in [-0.3, -0.25) is 0 Å². The quantitative estimate of drug-likeness (QED) is 0.804. The smallest absolute Gasteiger partial charge is 0.0502 e. The highest BCUT2D eigenvalue weighted by Crippen LogP contribution is 2.42. The zero-order chi connectivity index (χ0) is 11.5. The Balaban J connectivity index is 2.26. The average Bonchev–Trinajstić information content (AvgIpc) is 3.14. The number of benzene rings is 1. The van der Waals surface area contributed by atoms with Crippen LogP contribution in [0.25, 0.3) is 0 Å². The number of aliphatic hydroxyl groups is 1. The van der Waals surface area contributed by atoms with Crippen molar-refractivity contribution in [2.45, 2.75) is 45.4 Å². The minimum atomic E-state index is 0.305. The molecule has 2 rings (SSSR count). The van der Waals surface area contributed by atoms with Crippen molar-refractivity contribution in [3.8, 4) is 0 Å². The lowest BCUT2D eigenvalue weighted by atomic mass is 9.90. The van der Waals surface area contributed by atoms with E-state index in [9.17, 15) is 5.11 Å². The Morgan fingerprint density at radius 1 is 1.19 bits per heavy atom. The molecule has 1 atom stereocenters. The van der Waals surface area contributed by atoms with Gasteiger partial charge in [-0.05, 0) is 48.3 Å². The molecule has 1 heteroatoms. The van der Waals surface area contributed by atoms with E-state index in [1.807, 2.05) is 0 Å². The van der Waals surface area contributed by atoms with E-state index in [2.05, 4.69) is 32.0 Å². The van der Waals surface area contributed by atoms with Crippen LogP contribution in [0.2, 0.25) is 0 Å². The number of hydrogen-bond donors (Lipinski definition) is 1. The highest BCUT2D eigenvalue weighted by molar-refractivity contribution is 5.34. The Hall–Kier alpha value is -0.820. The highest BCUT2D eigenvalue weighted by Gasteiger charge is 2.31. The fourth-order valence-corrected chi connectivity index (χ4v) is 2.58. The summed E-state index contributed by atoms with van der Waals surface area (Å²) < 4.78 is 0. The molecule has 0 bridgehead atoms. The Kier molecular flexibility index (Phi) is 3.65. The van der Waals surface area contributed by atoms with Crippen LogP contribution in [0.5, 0.6) is 0 Å². The van der Waals surface area contributed by atoms with Gasteiger partial charge in [0.15, 0.2) is 0 Å². The molecule has 0 aliphatic heterocycles. The minimum Gasteiger partial charge on any atom is -0.396 e. The number of rotatable bonds is 5. The first-order valence-electron chi connectivity index (χ1n) is 6.52. The summed E-state index contributed by atoms with van der Waals surface area (Å²) in [5, 5.41) is 9.48. The van der Waals surface area contributed by atoms with Crippen molar-refractivity contribution in [2.24, 2.45) is 5.92 Å². The zero-order valence-corrected chi connectivity index (χ0v) is 10.4. The van der Waals surface area contributed by atoms with Gasteiger partial charge in [0, 0.05) is 5.92 Å². The zero-order valence-electron chi connectivity index (χ0n) is 10.4. The second-order valence-corrected chi connectivity index (χ2v) is 4.86. The van der Waals surface area contributed by atoms with Crippen molar-refractivity contribution in [1.29, 1.82) is 0 Å². The predicted molar refractivity (Wildman–Crippen MR) is 67.7 cm³/mol. The van der Waals surface area contributed by atoms with Crippen molar-refractivity contribution in [2.75, 3.05) is 6.61 Å². The Labute approximate surface area is 98.5 Å². The summed E-state index contributed by atoms with van der Waals surface area (Å²) in [6.45, 7) is 4.72. The van der Waals surface area contributed by atoms with Crippen LogP contribution in [0, 0.1) is 5.92 Å². The van der Waals surface area contributed by atoms with Crippen LogP contribution in [0.4, 0.5) is 0 Å². The molecule has 1 aliphatic carbocycles. The summed E-state index contributed by atoms with van der Waals surface area (Å²) in [6.07, 6.45) is 4.79. The Morgan fingerprint density at radius 3 is 2.38 bits per heavy atom. The fraction of sp³-hybridized carbons (Fsp3) is 0.600. The third-order valence-electron chi connectivity index (χ3n) is 3.81. The van der Waals surface area contributed by atoms with Crippen molar-refractivity contribution < 1.29 is 5.11 Å². The van der Waals surface area contributed by atoms with Gasteiger partial charge in [0.1, 0.15) is 0 Å². The van der Waals surface area contributed by atoms with E-state index in [-0.39, 0.29) is 0 Å². The molecular weight excluding hydrogens is 196 g/mol. The maximum atomic E-state index is 9.48. The molecule has 88 valence electrons. The molecule has 1 N–H and O–H groups in total. The Bertz CT molecular complexity index is 352. The van der Waals surface area contributed by atoms with Crippen LogP contribution in [0.1, 0.15) is 49.3 Å². The molecule has 0 radical (unpaired) electrons. The van der Waals surface area contributed by atoms with Crippen LogP contribution in [-0.2, 0) is 12.8 Å². The summed E-state index contributed by atoms with van der Waals surface area (Å²) >= 11 is 0. The van der Waals surface area contributed by atoms with Gasteiger partial charge in [-0.1, -0.05) is 32.0 Å². The molecule has 0 saturated heterocycles. The normalized spacial score (nSPS) is 17.4. The van der Waals surface area contributed by atoms with E-state index in [4.69, 9.17) is 0 Å². The van der Waals surface area contributed by atoms with Crippen LogP contribution in [-0.4, -0.2) is 11.7 Å². The van der Waals surface area contributed by atoms with Gasteiger partial charge in [0.25, 0.3) is 0 Å². The SMILES string of the molecule is CCc1ccc(C(CO)C2CC2)cc1CC. The second kappa shape index (κ2) is 5.01. The van der Waals surface area contributed by atoms with E-state index in [1.165, 1.54) is 29.5 Å². The molecule has 0 amide bonds. The molecule has 16 heavy (non-hydrogen) atoms. The van der Waals surface area contributed by atoms with Crippen molar-refractivity contribution >= 4 is 0 Å². The minimum absolute atomic E-state index is 0.305. The van der Waals surface area contributed by atoms with Crippen LogP contribution < -0.4 is 0 Å². The van der Waals surface area contributed by atoms with E-state index >= 15 is 0 Å². The summed E-state index contributed by atoms with van der Waals surface area (Å²) in [6, 6.07) is 6.79. The number of aryl methyl sites for hydroxylation is 2. The molecular formula is C15H22O. The second-order valence-electron chi connectivity index (χ2n) is 4.86. The molecule has 1 aliphatic rings. The lowest BCUT2D eigenvalue weighted by Crippen LogP contribution is -2.07. The maximum absolute atomic E-state index is 9.48. The van der Waals surface area contributed by atoms with Crippen LogP contribution in [0.3, 0.4) is 0 Å². The molecule has 1 nitrogen and oxygen atoms in total. The van der Waals surface area contributed by atoms with E-state index in [0.29, 0.717) is 12.5 Å². The summed E-state index contributed by atoms with van der Waals surface area (Å²) in [5.74, 6) is 1.12. The van der Waals surface area contributed by atoms with Crippen LogP contribution in [0.15, 0.2) is 18.2 Å². The van der Waals surface area contributed by atoms with Gasteiger partial charge in [-0.15, -0.1) is 0 Å².